The van der Waals surface area contributed by atoms with Gasteiger partial charge in [0.2, 0.25) is 10.0 Å². The topological polar surface area (TPSA) is 58.6 Å². The number of hydrogen-bond acceptors (Lipinski definition) is 4. The van der Waals surface area contributed by atoms with Gasteiger partial charge in [-0.25, -0.2) is 8.42 Å². The molecule has 2 aliphatic rings. The van der Waals surface area contributed by atoms with Gasteiger partial charge in [0.1, 0.15) is 12.4 Å². The van der Waals surface area contributed by atoms with E-state index in [0.29, 0.717) is 24.6 Å². The van der Waals surface area contributed by atoms with Crippen LogP contribution in [-0.4, -0.2) is 40.9 Å². The van der Waals surface area contributed by atoms with Gasteiger partial charge in [0.15, 0.2) is 0 Å². The first-order valence-electron chi connectivity index (χ1n) is 6.53. The van der Waals surface area contributed by atoms with Crippen molar-refractivity contribution in [1.82, 2.24) is 5.32 Å². The molecule has 2 aliphatic heterocycles. The third kappa shape index (κ3) is 2.42. The summed E-state index contributed by atoms with van der Waals surface area (Å²) in [4.78, 5) is 0. The predicted molar refractivity (Wildman–Crippen MR) is 74.4 cm³/mol. The van der Waals surface area contributed by atoms with E-state index in [2.05, 4.69) is 5.32 Å². The van der Waals surface area contributed by atoms with E-state index in [4.69, 9.17) is 4.74 Å². The summed E-state index contributed by atoms with van der Waals surface area (Å²) in [5, 5.41) is 3.35. The van der Waals surface area contributed by atoms with Crippen LogP contribution in [0.5, 0.6) is 5.75 Å². The molecule has 1 aromatic carbocycles. The Hall–Kier alpha value is -1.27. The Morgan fingerprint density at radius 3 is 2.58 bits per heavy atom. The number of nitrogens with zero attached hydrogens (tertiary/aromatic N) is 1. The molecule has 3 rings (SSSR count). The molecule has 19 heavy (non-hydrogen) atoms. The zero-order valence-corrected chi connectivity index (χ0v) is 11.8. The summed E-state index contributed by atoms with van der Waals surface area (Å²) in [5.41, 5.74) is 3.18. The van der Waals surface area contributed by atoms with Crippen LogP contribution in [0.25, 0.3) is 0 Å². The Labute approximate surface area is 113 Å². The second-order valence-corrected chi connectivity index (χ2v) is 6.93. The van der Waals surface area contributed by atoms with E-state index in [1.165, 1.54) is 21.7 Å². The molecule has 0 unspecified atom stereocenters. The summed E-state index contributed by atoms with van der Waals surface area (Å²) in [6.45, 7) is 2.70. The molecule has 0 aliphatic carbocycles. The van der Waals surface area contributed by atoms with E-state index >= 15 is 0 Å². The Bertz CT molecular complexity index is 598. The highest BCUT2D eigenvalue weighted by atomic mass is 32.2. The van der Waals surface area contributed by atoms with E-state index < -0.39 is 10.0 Å². The van der Waals surface area contributed by atoms with E-state index in [1.54, 1.807) is 0 Å². The highest BCUT2D eigenvalue weighted by Crippen LogP contribution is 2.36. The smallest absolute Gasteiger partial charge is 0.232 e. The maximum atomic E-state index is 11.8. The molecule has 0 saturated carbocycles. The van der Waals surface area contributed by atoms with E-state index in [-0.39, 0.29) is 0 Å². The van der Waals surface area contributed by atoms with Crippen molar-refractivity contribution in [2.24, 2.45) is 0 Å². The van der Waals surface area contributed by atoms with Crippen LogP contribution < -0.4 is 14.4 Å². The monoisotopic (exact) mass is 282 g/mol. The highest BCUT2D eigenvalue weighted by molar-refractivity contribution is 7.92. The number of benzene rings is 1. The number of ether oxygens (including phenoxy) is 1. The number of anilines is 1. The van der Waals surface area contributed by atoms with Gasteiger partial charge in [0.05, 0.1) is 18.5 Å². The predicted octanol–water partition coefficient (Wildman–Crippen LogP) is 0.533. The summed E-state index contributed by atoms with van der Waals surface area (Å²) >= 11 is 0. The standard InChI is InChI=1S/C13H18N2O3S/c1-19(16,17)15-6-7-18-13-9-11-3-5-14-4-2-10(11)8-12(13)15/h8-9,14H,2-7H2,1H3. The SMILES string of the molecule is CS(=O)(=O)N1CCOc2cc3c(cc21)CCNCC3. The number of nitrogens with one attached hydrogen (secondary N) is 1. The van der Waals surface area contributed by atoms with Crippen LogP contribution in [0.3, 0.4) is 0 Å². The molecule has 6 heteroatoms. The zero-order valence-electron chi connectivity index (χ0n) is 11.0. The van der Waals surface area contributed by atoms with Crippen LogP contribution in [0, 0.1) is 0 Å². The van der Waals surface area contributed by atoms with Gasteiger partial charge in [0.25, 0.3) is 0 Å². The molecule has 0 radical (unpaired) electrons. The average molecular weight is 282 g/mol. The first-order chi connectivity index (χ1) is 9.05. The minimum Gasteiger partial charge on any atom is -0.489 e. The van der Waals surface area contributed by atoms with Crippen molar-refractivity contribution in [3.8, 4) is 5.75 Å². The normalized spacial score (nSPS) is 19.1. The number of sulfonamides is 1. The second-order valence-electron chi connectivity index (χ2n) is 5.02. The maximum absolute atomic E-state index is 11.8. The molecule has 0 saturated heterocycles. The molecule has 2 heterocycles. The van der Waals surface area contributed by atoms with Gasteiger partial charge in [-0.15, -0.1) is 0 Å². The number of rotatable bonds is 1. The lowest BCUT2D eigenvalue weighted by Crippen LogP contribution is -2.37. The fraction of sp³-hybridized carbons (Fsp3) is 0.538. The fourth-order valence-corrected chi connectivity index (χ4v) is 3.61. The largest absolute Gasteiger partial charge is 0.489 e. The molecular formula is C13H18N2O3S. The van der Waals surface area contributed by atoms with Crippen LogP contribution in [0.2, 0.25) is 0 Å². The van der Waals surface area contributed by atoms with Crippen LogP contribution >= 0.6 is 0 Å². The lowest BCUT2D eigenvalue weighted by molar-refractivity contribution is 0.315. The summed E-state index contributed by atoms with van der Waals surface area (Å²) in [7, 11) is -3.24. The minimum absolute atomic E-state index is 0.392. The molecule has 0 atom stereocenters. The van der Waals surface area contributed by atoms with Gasteiger partial charge in [-0.05, 0) is 49.2 Å². The Morgan fingerprint density at radius 2 is 1.89 bits per heavy atom. The van der Waals surface area contributed by atoms with Crippen molar-refractivity contribution in [3.63, 3.8) is 0 Å². The lowest BCUT2D eigenvalue weighted by Gasteiger charge is -2.30. The average Bonchev–Trinajstić information content (AvgIpc) is 2.58. The van der Waals surface area contributed by atoms with Crippen LogP contribution in [-0.2, 0) is 22.9 Å². The second kappa shape index (κ2) is 4.68. The molecule has 0 amide bonds. The van der Waals surface area contributed by atoms with E-state index in [0.717, 1.165) is 25.9 Å². The van der Waals surface area contributed by atoms with Gasteiger partial charge in [0, 0.05) is 0 Å². The Morgan fingerprint density at radius 1 is 1.21 bits per heavy atom. The van der Waals surface area contributed by atoms with E-state index in [1.807, 2.05) is 12.1 Å². The molecule has 0 bridgehead atoms. The van der Waals surface area contributed by atoms with Gasteiger partial charge in [-0.1, -0.05) is 0 Å². The minimum atomic E-state index is -3.24. The first-order valence-corrected chi connectivity index (χ1v) is 8.37. The number of fused-ring (bicyclic) bond motifs is 2. The maximum Gasteiger partial charge on any atom is 0.232 e. The number of hydrogen-bond donors (Lipinski definition) is 1. The van der Waals surface area contributed by atoms with Gasteiger partial charge >= 0.3 is 0 Å². The summed E-state index contributed by atoms with van der Waals surface area (Å²) in [6, 6.07) is 3.99. The molecule has 0 aromatic heterocycles. The lowest BCUT2D eigenvalue weighted by atomic mass is 10.0. The van der Waals surface area contributed by atoms with Crippen molar-refractivity contribution in [1.29, 1.82) is 0 Å². The highest BCUT2D eigenvalue weighted by Gasteiger charge is 2.26. The van der Waals surface area contributed by atoms with Crippen LogP contribution in [0.15, 0.2) is 12.1 Å². The Kier molecular flexibility index (Phi) is 3.14. The third-order valence-corrected chi connectivity index (χ3v) is 4.82. The molecule has 1 aromatic rings. The molecule has 0 fully saturated rings. The van der Waals surface area contributed by atoms with Crippen molar-refractivity contribution in [2.75, 3.05) is 36.8 Å². The summed E-state index contributed by atoms with van der Waals surface area (Å²) < 4.78 is 30.8. The van der Waals surface area contributed by atoms with E-state index in [9.17, 15) is 8.42 Å². The van der Waals surface area contributed by atoms with Crippen molar-refractivity contribution < 1.29 is 13.2 Å². The van der Waals surface area contributed by atoms with Crippen LogP contribution in [0.1, 0.15) is 11.1 Å². The summed E-state index contributed by atoms with van der Waals surface area (Å²) in [5.74, 6) is 0.692. The van der Waals surface area contributed by atoms with Gasteiger partial charge in [-0.2, -0.15) is 0 Å². The molecule has 0 spiro atoms. The molecular weight excluding hydrogens is 264 g/mol. The molecule has 1 N–H and O–H groups in total. The van der Waals surface area contributed by atoms with Crippen molar-refractivity contribution >= 4 is 15.7 Å². The molecule has 104 valence electrons. The van der Waals surface area contributed by atoms with Gasteiger partial charge < -0.3 is 10.1 Å². The fourth-order valence-electron chi connectivity index (χ4n) is 2.70. The quantitative estimate of drug-likeness (QED) is 0.816. The first kappa shape index (κ1) is 12.7. The molecule has 5 nitrogen and oxygen atoms in total. The summed E-state index contributed by atoms with van der Waals surface area (Å²) in [6.07, 6.45) is 3.14. The van der Waals surface area contributed by atoms with Crippen molar-refractivity contribution in [2.45, 2.75) is 12.8 Å². The zero-order chi connectivity index (χ0) is 13.5. The van der Waals surface area contributed by atoms with Gasteiger partial charge in [-0.3, -0.25) is 4.31 Å². The third-order valence-electron chi connectivity index (χ3n) is 3.64. The van der Waals surface area contributed by atoms with Crippen molar-refractivity contribution in [3.05, 3.63) is 23.3 Å². The Balaban J connectivity index is 2.09. The van der Waals surface area contributed by atoms with Crippen LogP contribution in [0.4, 0.5) is 5.69 Å².